The van der Waals surface area contributed by atoms with Gasteiger partial charge in [-0.2, -0.15) is 0 Å². The molecule has 2 rings (SSSR count). The average Bonchev–Trinajstić information content (AvgIpc) is 2.60. The molecule has 0 radical (unpaired) electrons. The van der Waals surface area contributed by atoms with Crippen LogP contribution in [-0.4, -0.2) is 25.4 Å². The van der Waals surface area contributed by atoms with Crippen molar-refractivity contribution in [1.82, 2.24) is 4.72 Å². The number of nitro benzene ring substituents is 1. The van der Waals surface area contributed by atoms with Crippen molar-refractivity contribution in [2.75, 3.05) is 0 Å². The fraction of sp³-hybridized carbons (Fsp3) is 0.278. The lowest BCUT2D eigenvalue weighted by Crippen LogP contribution is -2.31. The van der Waals surface area contributed by atoms with Crippen LogP contribution in [0.15, 0.2) is 57.9 Å². The molecule has 0 saturated carbocycles. The standard InChI is InChI=1S/C18H19BrN2O6S/c1-12(2)27-18(22)11-16(15-8-3-4-9-17(15)21(23)24)20-28(25,26)14-7-5-6-13(19)10-14/h3-10,12,16,20H,11H2,1-2H3. The molecule has 1 unspecified atom stereocenters. The minimum Gasteiger partial charge on any atom is -0.463 e. The number of halogens is 1. The number of nitrogens with one attached hydrogen (secondary N) is 1. The number of sulfonamides is 1. The average molecular weight is 471 g/mol. The molecule has 0 heterocycles. The van der Waals surface area contributed by atoms with Crippen molar-refractivity contribution in [3.05, 3.63) is 68.7 Å². The molecular formula is C18H19BrN2O6S. The van der Waals surface area contributed by atoms with Crippen molar-refractivity contribution < 1.29 is 22.9 Å². The molecule has 1 N–H and O–H groups in total. The van der Waals surface area contributed by atoms with E-state index in [2.05, 4.69) is 20.7 Å². The predicted molar refractivity (Wildman–Crippen MR) is 106 cm³/mol. The first-order valence-corrected chi connectivity index (χ1v) is 10.6. The summed E-state index contributed by atoms with van der Waals surface area (Å²) in [6.07, 6.45) is -0.795. The first kappa shape index (κ1) is 22.0. The Balaban J connectivity index is 2.44. The number of hydrogen-bond acceptors (Lipinski definition) is 6. The molecule has 0 bridgehead atoms. The summed E-state index contributed by atoms with van der Waals surface area (Å²) in [6, 6.07) is 10.5. The van der Waals surface area contributed by atoms with Crippen molar-refractivity contribution in [3.63, 3.8) is 0 Å². The van der Waals surface area contributed by atoms with E-state index in [1.807, 2.05) is 0 Å². The van der Waals surface area contributed by atoms with E-state index in [0.717, 1.165) is 0 Å². The second-order valence-corrected chi connectivity index (χ2v) is 8.82. The summed E-state index contributed by atoms with van der Waals surface area (Å²) in [7, 11) is -4.06. The predicted octanol–water partition coefficient (Wildman–Crippen LogP) is 3.72. The van der Waals surface area contributed by atoms with Gasteiger partial charge in [0.2, 0.25) is 10.0 Å². The number of para-hydroxylation sites is 1. The summed E-state index contributed by atoms with van der Waals surface area (Å²) in [5.74, 6) is -0.671. The Bertz CT molecular complexity index is 978. The molecule has 0 spiro atoms. The summed E-state index contributed by atoms with van der Waals surface area (Å²) < 4.78 is 33.6. The number of carbonyl (C=O) groups is 1. The second-order valence-electron chi connectivity index (χ2n) is 6.19. The maximum absolute atomic E-state index is 12.8. The van der Waals surface area contributed by atoms with Crippen LogP contribution in [0.5, 0.6) is 0 Å². The van der Waals surface area contributed by atoms with Crippen LogP contribution in [0.4, 0.5) is 5.69 Å². The molecule has 1 atom stereocenters. The topological polar surface area (TPSA) is 116 Å². The van der Waals surface area contributed by atoms with Gasteiger partial charge in [-0.15, -0.1) is 0 Å². The van der Waals surface area contributed by atoms with Gasteiger partial charge in [0.15, 0.2) is 0 Å². The first-order chi connectivity index (χ1) is 13.1. The molecule has 2 aromatic carbocycles. The van der Waals surface area contributed by atoms with Gasteiger partial charge in [-0.25, -0.2) is 13.1 Å². The first-order valence-electron chi connectivity index (χ1n) is 8.31. The largest absolute Gasteiger partial charge is 0.463 e. The van der Waals surface area contributed by atoms with Crippen molar-refractivity contribution >= 4 is 37.6 Å². The van der Waals surface area contributed by atoms with Crippen LogP contribution >= 0.6 is 15.9 Å². The van der Waals surface area contributed by atoms with E-state index in [-0.39, 0.29) is 16.1 Å². The van der Waals surface area contributed by atoms with Crippen molar-refractivity contribution in [2.24, 2.45) is 0 Å². The maximum atomic E-state index is 12.8. The highest BCUT2D eigenvalue weighted by molar-refractivity contribution is 9.10. The number of nitro groups is 1. The van der Waals surface area contributed by atoms with E-state index >= 15 is 0 Å². The van der Waals surface area contributed by atoms with E-state index in [1.165, 1.54) is 36.4 Å². The highest BCUT2D eigenvalue weighted by Crippen LogP contribution is 2.29. The molecule has 0 aliphatic rings. The van der Waals surface area contributed by atoms with Crippen molar-refractivity contribution in [2.45, 2.75) is 37.3 Å². The Kier molecular flexibility index (Phi) is 7.28. The van der Waals surface area contributed by atoms with Crippen LogP contribution in [-0.2, 0) is 19.6 Å². The number of hydrogen-bond donors (Lipinski definition) is 1. The van der Waals surface area contributed by atoms with Gasteiger partial charge in [-0.3, -0.25) is 14.9 Å². The third kappa shape index (κ3) is 5.85. The molecular weight excluding hydrogens is 452 g/mol. The summed E-state index contributed by atoms with van der Waals surface area (Å²) in [5, 5.41) is 11.4. The molecule has 0 aliphatic heterocycles. The minimum atomic E-state index is -4.06. The normalized spacial score (nSPS) is 12.6. The molecule has 0 aromatic heterocycles. The maximum Gasteiger partial charge on any atom is 0.308 e. The summed E-state index contributed by atoms with van der Waals surface area (Å²) >= 11 is 3.21. The fourth-order valence-corrected chi connectivity index (χ4v) is 4.34. The van der Waals surface area contributed by atoms with Crippen molar-refractivity contribution in [1.29, 1.82) is 0 Å². The lowest BCUT2D eigenvalue weighted by atomic mass is 10.0. The molecule has 10 heteroatoms. The number of nitrogens with zero attached hydrogens (tertiary/aromatic N) is 1. The second kappa shape index (κ2) is 9.26. The lowest BCUT2D eigenvalue weighted by molar-refractivity contribution is -0.385. The third-order valence-electron chi connectivity index (χ3n) is 3.65. The van der Waals surface area contributed by atoms with Crippen LogP contribution in [0.1, 0.15) is 31.9 Å². The molecule has 28 heavy (non-hydrogen) atoms. The zero-order valence-corrected chi connectivity index (χ0v) is 17.6. The van der Waals surface area contributed by atoms with Gasteiger partial charge >= 0.3 is 5.97 Å². The highest BCUT2D eigenvalue weighted by atomic mass is 79.9. The molecule has 0 aliphatic carbocycles. The summed E-state index contributed by atoms with van der Waals surface area (Å²) in [6.45, 7) is 3.31. The number of rotatable bonds is 8. The molecule has 0 fully saturated rings. The van der Waals surface area contributed by atoms with Crippen LogP contribution in [0.2, 0.25) is 0 Å². The van der Waals surface area contributed by atoms with Gasteiger partial charge in [0.1, 0.15) is 0 Å². The van der Waals surface area contributed by atoms with Gasteiger partial charge in [-0.05, 0) is 32.0 Å². The van der Waals surface area contributed by atoms with E-state index in [0.29, 0.717) is 4.47 Å². The Hall–Kier alpha value is -2.30. The molecule has 0 saturated heterocycles. The number of ether oxygens (including phenoxy) is 1. The fourth-order valence-electron chi connectivity index (χ4n) is 2.53. The van der Waals surface area contributed by atoms with Crippen LogP contribution < -0.4 is 4.72 Å². The Morgan fingerprint density at radius 2 is 1.89 bits per heavy atom. The summed E-state index contributed by atoms with van der Waals surface area (Å²) in [4.78, 5) is 22.9. The van der Waals surface area contributed by atoms with Crippen LogP contribution in [0, 0.1) is 10.1 Å². The smallest absolute Gasteiger partial charge is 0.308 e. The number of benzene rings is 2. The monoisotopic (exact) mass is 470 g/mol. The van der Waals surface area contributed by atoms with Gasteiger partial charge in [0.05, 0.1) is 28.4 Å². The zero-order chi connectivity index (χ0) is 20.9. The third-order valence-corrected chi connectivity index (χ3v) is 5.61. The summed E-state index contributed by atoms with van der Waals surface area (Å²) in [5.41, 5.74) is -0.214. The van der Waals surface area contributed by atoms with Crippen LogP contribution in [0.25, 0.3) is 0 Å². The van der Waals surface area contributed by atoms with Crippen molar-refractivity contribution in [3.8, 4) is 0 Å². The SMILES string of the molecule is CC(C)OC(=O)CC(NS(=O)(=O)c1cccc(Br)c1)c1ccccc1[N+](=O)[O-]. The zero-order valence-electron chi connectivity index (χ0n) is 15.2. The molecule has 2 aromatic rings. The van der Waals surface area contributed by atoms with E-state index in [4.69, 9.17) is 4.74 Å². The molecule has 150 valence electrons. The highest BCUT2D eigenvalue weighted by Gasteiger charge is 2.29. The Labute approximate surface area is 171 Å². The Morgan fingerprint density at radius 1 is 1.21 bits per heavy atom. The van der Waals surface area contributed by atoms with Gasteiger partial charge in [0, 0.05) is 16.1 Å². The van der Waals surface area contributed by atoms with Gasteiger partial charge in [0.25, 0.3) is 5.69 Å². The van der Waals surface area contributed by atoms with E-state index < -0.39 is 39.5 Å². The molecule has 8 nitrogen and oxygen atoms in total. The van der Waals surface area contributed by atoms with E-state index in [9.17, 15) is 23.3 Å². The minimum absolute atomic E-state index is 0.0392. The molecule has 0 amide bonds. The number of esters is 1. The quantitative estimate of drug-likeness (QED) is 0.357. The lowest BCUT2D eigenvalue weighted by Gasteiger charge is -2.19. The van der Waals surface area contributed by atoms with E-state index in [1.54, 1.807) is 26.0 Å². The van der Waals surface area contributed by atoms with Gasteiger partial charge in [-0.1, -0.05) is 40.2 Å². The van der Waals surface area contributed by atoms with Crippen LogP contribution in [0.3, 0.4) is 0 Å². The van der Waals surface area contributed by atoms with Gasteiger partial charge < -0.3 is 4.74 Å². The number of carbonyl (C=O) groups excluding carboxylic acids is 1. The Morgan fingerprint density at radius 3 is 2.50 bits per heavy atom.